The highest BCUT2D eigenvalue weighted by Gasteiger charge is 2.36. The Kier molecular flexibility index (Phi) is 8.72. The number of hydrogen-bond acceptors (Lipinski definition) is 7. The van der Waals surface area contributed by atoms with Gasteiger partial charge in [-0.1, -0.05) is 23.8 Å². The van der Waals surface area contributed by atoms with Crippen molar-refractivity contribution in [2.75, 3.05) is 25.0 Å². The number of carbonyl (C=O) groups is 2. The third-order valence-electron chi connectivity index (χ3n) is 7.28. The van der Waals surface area contributed by atoms with E-state index in [-0.39, 0.29) is 29.9 Å². The van der Waals surface area contributed by atoms with Crippen molar-refractivity contribution in [3.05, 3.63) is 52.2 Å². The third-order valence-corrected chi connectivity index (χ3v) is 9.05. The van der Waals surface area contributed by atoms with Crippen LogP contribution < -0.4 is 15.4 Å². The summed E-state index contributed by atoms with van der Waals surface area (Å²) in [5.74, 6) is 0.268. The highest BCUT2D eigenvalue weighted by Crippen LogP contribution is 2.36. The first kappa shape index (κ1) is 28.0. The molecular weight excluding hydrogens is 504 g/mol. The van der Waals surface area contributed by atoms with Crippen molar-refractivity contribution in [1.82, 2.24) is 15.0 Å². The number of nitrogens with one attached hydrogen (secondary N) is 3. The van der Waals surface area contributed by atoms with Crippen molar-refractivity contribution in [2.45, 2.75) is 70.7 Å². The van der Waals surface area contributed by atoms with Crippen molar-refractivity contribution in [1.29, 1.82) is 0 Å². The van der Waals surface area contributed by atoms with Crippen LogP contribution >= 0.6 is 0 Å². The van der Waals surface area contributed by atoms with E-state index < -0.39 is 22.0 Å². The molecule has 1 aromatic heterocycles. The zero-order chi connectivity index (χ0) is 27.4. The molecule has 2 aromatic rings. The summed E-state index contributed by atoms with van der Waals surface area (Å²) in [5, 5.41) is 6.13. The molecule has 0 radical (unpaired) electrons. The summed E-state index contributed by atoms with van der Waals surface area (Å²) in [6, 6.07) is 6.56. The quantitative estimate of drug-likeness (QED) is 0.394. The lowest BCUT2D eigenvalue weighted by atomic mass is 9.72. The van der Waals surface area contributed by atoms with Crippen LogP contribution in [-0.2, 0) is 37.2 Å². The van der Waals surface area contributed by atoms with Crippen LogP contribution in [0.3, 0.4) is 0 Å². The molecule has 4 rings (SSSR count). The SMILES string of the molecule is CCOC(=O)[C@H](CNC(=O)C1CC(Cc2ccc3c(n2)NCCC3)C1)NS(=O)(=O)c1c(C)cc(C)cc1C. The predicted octanol–water partition coefficient (Wildman–Crippen LogP) is 2.96. The van der Waals surface area contributed by atoms with Crippen LogP contribution in [0.1, 0.15) is 54.1 Å². The Labute approximate surface area is 225 Å². The van der Waals surface area contributed by atoms with Crippen LogP contribution in [0.25, 0.3) is 0 Å². The van der Waals surface area contributed by atoms with Crippen molar-refractivity contribution in [3.8, 4) is 0 Å². The van der Waals surface area contributed by atoms with Crippen LogP contribution in [0, 0.1) is 32.6 Å². The van der Waals surface area contributed by atoms with E-state index in [0.717, 1.165) is 55.7 Å². The minimum absolute atomic E-state index is 0.101. The largest absolute Gasteiger partial charge is 0.465 e. The second kappa shape index (κ2) is 11.8. The number of aryl methyl sites for hydroxylation is 4. The molecule has 0 saturated heterocycles. The van der Waals surface area contributed by atoms with E-state index in [1.54, 1.807) is 32.9 Å². The van der Waals surface area contributed by atoms with Gasteiger partial charge in [-0.05, 0) is 88.5 Å². The molecule has 1 aromatic carbocycles. The molecule has 1 aliphatic carbocycles. The van der Waals surface area contributed by atoms with Crippen molar-refractivity contribution >= 4 is 27.7 Å². The maximum absolute atomic E-state index is 13.2. The van der Waals surface area contributed by atoms with Gasteiger partial charge in [-0.2, -0.15) is 4.72 Å². The lowest BCUT2D eigenvalue weighted by molar-refractivity contribution is -0.145. The summed E-state index contributed by atoms with van der Waals surface area (Å²) in [6.45, 7) is 7.86. The molecule has 1 atom stereocenters. The molecule has 10 heteroatoms. The van der Waals surface area contributed by atoms with Crippen molar-refractivity contribution in [2.24, 2.45) is 11.8 Å². The first-order valence-corrected chi connectivity index (χ1v) is 14.8. The topological polar surface area (TPSA) is 126 Å². The van der Waals surface area contributed by atoms with E-state index >= 15 is 0 Å². The standard InChI is InChI=1S/C28H38N4O5S/c1-5-37-28(34)24(32-38(35,36)25-18(3)11-17(2)12-19(25)4)16-30-27(33)22-13-20(14-22)15-23-9-8-21-7-6-10-29-26(21)31-23/h8-9,11-12,20,22,24,32H,5-7,10,13-16H2,1-4H3,(H,29,31)(H,30,33)/t20?,22?,24-/m0/s1. The summed E-state index contributed by atoms with van der Waals surface area (Å²) < 4.78 is 34.0. The van der Waals surface area contributed by atoms with E-state index in [0.29, 0.717) is 17.0 Å². The second-order valence-electron chi connectivity index (χ2n) is 10.5. The van der Waals surface area contributed by atoms with Crippen LogP contribution in [0.2, 0.25) is 0 Å². The number of carbonyl (C=O) groups excluding carboxylic acids is 2. The van der Waals surface area contributed by atoms with E-state index in [2.05, 4.69) is 27.5 Å². The summed E-state index contributed by atoms with van der Waals surface area (Å²) in [4.78, 5) is 30.3. The Bertz CT molecular complexity index is 1280. The fraction of sp³-hybridized carbons (Fsp3) is 0.536. The van der Waals surface area contributed by atoms with Gasteiger partial charge in [0.2, 0.25) is 15.9 Å². The molecule has 0 spiro atoms. The van der Waals surface area contributed by atoms with Gasteiger partial charge in [0, 0.05) is 24.7 Å². The average Bonchev–Trinajstić information content (AvgIpc) is 2.82. The van der Waals surface area contributed by atoms with Crippen LogP contribution in [0.4, 0.5) is 5.82 Å². The lowest BCUT2D eigenvalue weighted by Gasteiger charge is -2.34. The number of aromatic nitrogens is 1. The van der Waals surface area contributed by atoms with E-state index in [4.69, 9.17) is 9.72 Å². The molecule has 1 amide bonds. The molecule has 206 valence electrons. The number of pyridine rings is 1. The van der Waals surface area contributed by atoms with Gasteiger partial charge < -0.3 is 15.4 Å². The van der Waals surface area contributed by atoms with Gasteiger partial charge in [0.05, 0.1) is 11.5 Å². The zero-order valence-electron chi connectivity index (χ0n) is 22.6. The molecule has 9 nitrogen and oxygen atoms in total. The highest BCUT2D eigenvalue weighted by molar-refractivity contribution is 7.89. The number of anilines is 1. The molecule has 0 unspecified atom stereocenters. The molecular formula is C28H38N4O5S. The van der Waals surface area contributed by atoms with Gasteiger partial charge >= 0.3 is 5.97 Å². The van der Waals surface area contributed by atoms with Gasteiger partial charge in [-0.25, -0.2) is 13.4 Å². The number of rotatable bonds is 10. The van der Waals surface area contributed by atoms with E-state index in [9.17, 15) is 18.0 Å². The average molecular weight is 543 g/mol. The number of esters is 1. The van der Waals surface area contributed by atoms with Gasteiger partial charge in [-0.15, -0.1) is 0 Å². The first-order valence-electron chi connectivity index (χ1n) is 13.3. The van der Waals surface area contributed by atoms with Gasteiger partial charge in [0.25, 0.3) is 0 Å². The van der Waals surface area contributed by atoms with Crippen LogP contribution in [0.5, 0.6) is 0 Å². The molecule has 1 fully saturated rings. The number of amides is 1. The Balaban J connectivity index is 1.33. The summed E-state index contributed by atoms with van der Waals surface area (Å²) >= 11 is 0. The lowest BCUT2D eigenvalue weighted by Crippen LogP contribution is -2.51. The monoisotopic (exact) mass is 542 g/mol. The normalized spacial score (nSPS) is 19.5. The molecule has 2 aliphatic rings. The van der Waals surface area contributed by atoms with E-state index in [1.165, 1.54) is 5.56 Å². The van der Waals surface area contributed by atoms with Crippen LogP contribution in [-0.4, -0.2) is 51.0 Å². The van der Waals surface area contributed by atoms with E-state index in [1.807, 2.05) is 6.92 Å². The third kappa shape index (κ3) is 6.53. The number of ether oxygens (including phenoxy) is 1. The van der Waals surface area contributed by atoms with Gasteiger partial charge in [0.1, 0.15) is 11.9 Å². The minimum Gasteiger partial charge on any atom is -0.465 e. The zero-order valence-corrected chi connectivity index (χ0v) is 23.4. The van der Waals surface area contributed by atoms with Gasteiger partial charge in [0.15, 0.2) is 0 Å². The second-order valence-corrected chi connectivity index (χ2v) is 12.1. The molecule has 2 heterocycles. The maximum atomic E-state index is 13.2. The fourth-order valence-electron chi connectivity index (χ4n) is 5.49. The Morgan fingerprint density at radius 3 is 2.55 bits per heavy atom. The molecule has 0 bridgehead atoms. The number of nitrogens with zero attached hydrogens (tertiary/aromatic N) is 1. The smallest absolute Gasteiger partial charge is 0.326 e. The minimum atomic E-state index is -4.02. The number of hydrogen-bond donors (Lipinski definition) is 3. The molecule has 38 heavy (non-hydrogen) atoms. The summed E-state index contributed by atoms with van der Waals surface area (Å²) in [5.41, 5.74) is 4.41. The fourth-order valence-corrected chi connectivity index (χ4v) is 7.13. The highest BCUT2D eigenvalue weighted by atomic mass is 32.2. The van der Waals surface area contributed by atoms with Gasteiger partial charge in [-0.3, -0.25) is 9.59 Å². The molecule has 1 aliphatic heterocycles. The molecule has 3 N–H and O–H groups in total. The predicted molar refractivity (Wildman–Crippen MR) is 145 cm³/mol. The van der Waals surface area contributed by atoms with Crippen molar-refractivity contribution in [3.63, 3.8) is 0 Å². The van der Waals surface area contributed by atoms with Crippen molar-refractivity contribution < 1.29 is 22.7 Å². The number of fused-ring (bicyclic) bond motifs is 1. The Morgan fingerprint density at radius 2 is 1.87 bits per heavy atom. The number of sulfonamides is 1. The maximum Gasteiger partial charge on any atom is 0.326 e. The summed E-state index contributed by atoms with van der Waals surface area (Å²) in [7, 11) is -4.02. The molecule has 1 saturated carbocycles. The summed E-state index contributed by atoms with van der Waals surface area (Å²) in [6.07, 6.45) is 4.45. The Hall–Kier alpha value is -2.98. The number of benzene rings is 1. The first-order chi connectivity index (χ1) is 18.1. The van der Waals surface area contributed by atoms with Crippen LogP contribution in [0.15, 0.2) is 29.2 Å². The Morgan fingerprint density at radius 1 is 1.16 bits per heavy atom.